The van der Waals surface area contributed by atoms with Crippen molar-refractivity contribution in [3.63, 3.8) is 0 Å². The standard InChI is InChI=1S/C18H21N3O4/c1-13(22)19-9-10-20-17(23)15(12-14-6-3-2-4-7-14)21-18(24)16-8-5-11-25-16/h2-8,11,15H,9-10,12H2,1H3,(H,19,22)(H,20,23)(H,21,24)/t15-/m1/s1. The number of benzene rings is 1. The molecule has 1 heterocycles. The SMILES string of the molecule is CC(=O)NCCNC(=O)[C@@H](Cc1ccccc1)NC(=O)c1ccco1. The van der Waals surface area contributed by atoms with Crippen molar-refractivity contribution < 1.29 is 18.8 Å². The molecule has 3 N–H and O–H groups in total. The van der Waals surface area contributed by atoms with Crippen molar-refractivity contribution in [1.82, 2.24) is 16.0 Å². The van der Waals surface area contributed by atoms with Crippen LogP contribution in [-0.2, 0) is 16.0 Å². The molecule has 0 fully saturated rings. The maximum atomic E-state index is 12.4. The highest BCUT2D eigenvalue weighted by molar-refractivity contribution is 5.95. The van der Waals surface area contributed by atoms with E-state index >= 15 is 0 Å². The number of carbonyl (C=O) groups is 3. The summed E-state index contributed by atoms with van der Waals surface area (Å²) in [4.78, 5) is 35.5. The number of nitrogens with one attached hydrogen (secondary N) is 3. The first-order chi connectivity index (χ1) is 12.1. The molecule has 2 aromatic rings. The van der Waals surface area contributed by atoms with Crippen LogP contribution in [0.5, 0.6) is 0 Å². The van der Waals surface area contributed by atoms with E-state index in [2.05, 4.69) is 16.0 Å². The molecule has 7 nitrogen and oxygen atoms in total. The number of carbonyl (C=O) groups excluding carboxylic acids is 3. The van der Waals surface area contributed by atoms with Gasteiger partial charge in [0.15, 0.2) is 5.76 Å². The highest BCUT2D eigenvalue weighted by Crippen LogP contribution is 2.06. The van der Waals surface area contributed by atoms with Crippen molar-refractivity contribution in [3.8, 4) is 0 Å². The van der Waals surface area contributed by atoms with Gasteiger partial charge in [-0.3, -0.25) is 14.4 Å². The second-order valence-electron chi connectivity index (χ2n) is 5.47. The molecule has 0 saturated carbocycles. The molecule has 0 unspecified atom stereocenters. The Bertz CT molecular complexity index is 698. The van der Waals surface area contributed by atoms with Gasteiger partial charge in [-0.15, -0.1) is 0 Å². The molecule has 2 rings (SSSR count). The maximum Gasteiger partial charge on any atom is 0.287 e. The fraction of sp³-hybridized carbons (Fsp3) is 0.278. The Labute approximate surface area is 145 Å². The quantitative estimate of drug-likeness (QED) is 0.619. The van der Waals surface area contributed by atoms with Gasteiger partial charge in [0, 0.05) is 26.4 Å². The van der Waals surface area contributed by atoms with Crippen LogP contribution in [0.15, 0.2) is 53.1 Å². The summed E-state index contributed by atoms with van der Waals surface area (Å²) in [7, 11) is 0. The monoisotopic (exact) mass is 343 g/mol. The fourth-order valence-electron chi connectivity index (χ4n) is 2.24. The highest BCUT2D eigenvalue weighted by atomic mass is 16.3. The Kier molecular flexibility index (Phi) is 6.76. The van der Waals surface area contributed by atoms with E-state index in [1.54, 1.807) is 6.07 Å². The minimum Gasteiger partial charge on any atom is -0.459 e. The topological polar surface area (TPSA) is 100 Å². The number of amides is 3. The van der Waals surface area contributed by atoms with Crippen LogP contribution in [0.2, 0.25) is 0 Å². The van der Waals surface area contributed by atoms with Gasteiger partial charge in [-0.2, -0.15) is 0 Å². The van der Waals surface area contributed by atoms with E-state index in [1.807, 2.05) is 30.3 Å². The molecule has 0 radical (unpaired) electrons. The van der Waals surface area contributed by atoms with Crippen LogP contribution in [-0.4, -0.2) is 36.9 Å². The van der Waals surface area contributed by atoms with Crippen LogP contribution in [0.1, 0.15) is 23.0 Å². The van der Waals surface area contributed by atoms with E-state index in [0.29, 0.717) is 13.0 Å². The largest absolute Gasteiger partial charge is 0.459 e. The first-order valence-electron chi connectivity index (χ1n) is 7.96. The van der Waals surface area contributed by atoms with Gasteiger partial charge in [0.2, 0.25) is 11.8 Å². The summed E-state index contributed by atoms with van der Waals surface area (Å²) in [5.74, 6) is -0.803. The third-order valence-corrected chi connectivity index (χ3v) is 3.45. The van der Waals surface area contributed by atoms with Gasteiger partial charge >= 0.3 is 0 Å². The summed E-state index contributed by atoms with van der Waals surface area (Å²) in [6.45, 7) is 2.01. The zero-order valence-corrected chi connectivity index (χ0v) is 14.0. The van der Waals surface area contributed by atoms with Gasteiger partial charge in [-0.05, 0) is 17.7 Å². The van der Waals surface area contributed by atoms with Crippen LogP contribution < -0.4 is 16.0 Å². The molecule has 3 amide bonds. The summed E-state index contributed by atoms with van der Waals surface area (Å²) < 4.78 is 5.06. The van der Waals surface area contributed by atoms with Gasteiger partial charge in [-0.25, -0.2) is 0 Å². The third-order valence-electron chi connectivity index (χ3n) is 3.45. The van der Waals surface area contributed by atoms with Crippen molar-refractivity contribution >= 4 is 17.7 Å². The first-order valence-corrected chi connectivity index (χ1v) is 7.96. The molecular formula is C18H21N3O4. The van der Waals surface area contributed by atoms with Crippen molar-refractivity contribution in [3.05, 3.63) is 60.1 Å². The normalized spacial score (nSPS) is 11.4. The lowest BCUT2D eigenvalue weighted by atomic mass is 10.1. The zero-order valence-electron chi connectivity index (χ0n) is 14.0. The molecular weight excluding hydrogens is 322 g/mol. The Morgan fingerprint density at radius 3 is 2.36 bits per heavy atom. The first kappa shape index (κ1) is 18.3. The van der Waals surface area contributed by atoms with E-state index in [4.69, 9.17) is 4.42 Å². The smallest absolute Gasteiger partial charge is 0.287 e. The Morgan fingerprint density at radius 1 is 1.00 bits per heavy atom. The molecule has 0 aliphatic heterocycles. The minimum absolute atomic E-state index is 0.143. The lowest BCUT2D eigenvalue weighted by Gasteiger charge is -2.18. The minimum atomic E-state index is -0.752. The third kappa shape index (κ3) is 6.14. The predicted molar refractivity (Wildman–Crippen MR) is 91.8 cm³/mol. The molecule has 0 aliphatic rings. The van der Waals surface area contributed by atoms with Crippen molar-refractivity contribution in [2.75, 3.05) is 13.1 Å². The van der Waals surface area contributed by atoms with Crippen molar-refractivity contribution in [2.24, 2.45) is 0 Å². The predicted octanol–water partition coefficient (Wildman–Crippen LogP) is 0.873. The average molecular weight is 343 g/mol. The summed E-state index contributed by atoms with van der Waals surface area (Å²) in [6, 6.07) is 11.8. The van der Waals surface area contributed by atoms with Crippen LogP contribution in [0.25, 0.3) is 0 Å². The lowest BCUT2D eigenvalue weighted by Crippen LogP contribution is -2.49. The maximum absolute atomic E-state index is 12.4. The van der Waals surface area contributed by atoms with Crippen molar-refractivity contribution in [2.45, 2.75) is 19.4 Å². The highest BCUT2D eigenvalue weighted by Gasteiger charge is 2.22. The number of hydrogen-bond acceptors (Lipinski definition) is 4. The number of rotatable bonds is 8. The van der Waals surface area contributed by atoms with Gasteiger partial charge in [0.25, 0.3) is 5.91 Å². The van der Waals surface area contributed by atoms with Crippen molar-refractivity contribution in [1.29, 1.82) is 0 Å². The van der Waals surface area contributed by atoms with E-state index in [9.17, 15) is 14.4 Å². The van der Waals surface area contributed by atoms with E-state index in [0.717, 1.165) is 5.56 Å². The van der Waals surface area contributed by atoms with Gasteiger partial charge in [-0.1, -0.05) is 30.3 Å². The molecule has 25 heavy (non-hydrogen) atoms. The lowest BCUT2D eigenvalue weighted by molar-refractivity contribution is -0.123. The van der Waals surface area contributed by atoms with E-state index < -0.39 is 11.9 Å². The number of hydrogen-bond donors (Lipinski definition) is 3. The second kappa shape index (κ2) is 9.27. The summed E-state index contributed by atoms with van der Waals surface area (Å²) in [5, 5.41) is 7.99. The van der Waals surface area contributed by atoms with Crippen LogP contribution in [0.3, 0.4) is 0 Å². The molecule has 0 aliphatic carbocycles. The van der Waals surface area contributed by atoms with Crippen LogP contribution in [0.4, 0.5) is 0 Å². The Hall–Kier alpha value is -3.09. The summed E-state index contributed by atoms with van der Waals surface area (Å²) in [6.07, 6.45) is 1.74. The Balaban J connectivity index is 1.99. The van der Waals surface area contributed by atoms with Gasteiger partial charge in [0.05, 0.1) is 6.26 Å². The molecule has 0 bridgehead atoms. The molecule has 132 valence electrons. The van der Waals surface area contributed by atoms with E-state index in [-0.39, 0.29) is 24.1 Å². The molecule has 7 heteroatoms. The zero-order chi connectivity index (χ0) is 18.1. The van der Waals surface area contributed by atoms with Crippen LogP contribution >= 0.6 is 0 Å². The molecule has 0 saturated heterocycles. The fourth-order valence-corrected chi connectivity index (χ4v) is 2.24. The average Bonchev–Trinajstić information content (AvgIpc) is 3.13. The summed E-state index contributed by atoms with van der Waals surface area (Å²) >= 11 is 0. The van der Waals surface area contributed by atoms with Crippen LogP contribution in [0, 0.1) is 0 Å². The number of furan rings is 1. The van der Waals surface area contributed by atoms with Gasteiger partial charge < -0.3 is 20.4 Å². The molecule has 0 spiro atoms. The second-order valence-corrected chi connectivity index (χ2v) is 5.47. The van der Waals surface area contributed by atoms with Gasteiger partial charge in [0.1, 0.15) is 6.04 Å². The molecule has 1 aromatic carbocycles. The Morgan fingerprint density at radius 2 is 1.72 bits per heavy atom. The van der Waals surface area contributed by atoms with E-state index in [1.165, 1.54) is 19.3 Å². The molecule has 1 aromatic heterocycles. The summed E-state index contributed by atoms with van der Waals surface area (Å²) in [5.41, 5.74) is 0.921. The molecule has 1 atom stereocenters.